The van der Waals surface area contributed by atoms with Gasteiger partial charge in [-0.05, 0) is 64.3 Å². The maximum absolute atomic E-state index is 13.1. The lowest BCUT2D eigenvalue weighted by molar-refractivity contribution is 0.00908. The lowest BCUT2D eigenvalue weighted by Crippen LogP contribution is -2.42. The Morgan fingerprint density at radius 2 is 2.00 bits per heavy atom. The quantitative estimate of drug-likeness (QED) is 0.717. The van der Waals surface area contributed by atoms with E-state index in [2.05, 4.69) is 0 Å². The Bertz CT molecular complexity index is 737. The van der Waals surface area contributed by atoms with E-state index >= 15 is 0 Å². The number of rotatable bonds is 2. The summed E-state index contributed by atoms with van der Waals surface area (Å²) < 4.78 is 18.7. The predicted molar refractivity (Wildman–Crippen MR) is 97.0 cm³/mol. The highest BCUT2D eigenvalue weighted by Crippen LogP contribution is 2.35. The molecule has 1 fully saturated rings. The molecule has 3 rings (SSSR count). The van der Waals surface area contributed by atoms with E-state index in [9.17, 15) is 9.18 Å². The number of halogens is 1. The zero-order valence-corrected chi connectivity index (χ0v) is 15.6. The molecule has 0 bridgehead atoms. The third-order valence-corrected chi connectivity index (χ3v) is 4.99. The molecule has 0 saturated carbocycles. The van der Waals surface area contributed by atoms with Gasteiger partial charge in [-0.3, -0.25) is 4.90 Å². The Morgan fingerprint density at radius 3 is 2.68 bits per heavy atom. The van der Waals surface area contributed by atoms with E-state index in [4.69, 9.17) is 9.72 Å². The van der Waals surface area contributed by atoms with Gasteiger partial charge in [0, 0.05) is 17.5 Å². The predicted octanol–water partition coefficient (Wildman–Crippen LogP) is 5.41. The molecule has 1 atom stereocenters. The van der Waals surface area contributed by atoms with Crippen LogP contribution < -0.4 is 0 Å². The van der Waals surface area contributed by atoms with Crippen LogP contribution in [-0.2, 0) is 4.74 Å². The maximum Gasteiger partial charge on any atom is 0.410 e. The minimum absolute atomic E-state index is 0.0611. The summed E-state index contributed by atoms with van der Waals surface area (Å²) in [7, 11) is 0. The van der Waals surface area contributed by atoms with Crippen molar-refractivity contribution in [2.24, 2.45) is 0 Å². The molecule has 1 aromatic heterocycles. The molecule has 25 heavy (non-hydrogen) atoms. The van der Waals surface area contributed by atoms with Gasteiger partial charge in [0.15, 0.2) is 0 Å². The van der Waals surface area contributed by atoms with Gasteiger partial charge in [0.05, 0.1) is 11.7 Å². The molecule has 1 aliphatic rings. The zero-order valence-electron chi connectivity index (χ0n) is 14.8. The van der Waals surface area contributed by atoms with Crippen LogP contribution in [-0.4, -0.2) is 28.1 Å². The van der Waals surface area contributed by atoms with Gasteiger partial charge in [0.1, 0.15) is 16.4 Å². The molecule has 2 heterocycles. The fourth-order valence-electron chi connectivity index (χ4n) is 2.94. The highest BCUT2D eigenvalue weighted by Gasteiger charge is 2.32. The average Bonchev–Trinajstić information content (AvgIpc) is 3.04. The highest BCUT2D eigenvalue weighted by atomic mass is 32.1. The summed E-state index contributed by atoms with van der Waals surface area (Å²) in [6.45, 7) is 6.31. The van der Waals surface area contributed by atoms with Gasteiger partial charge in [0.25, 0.3) is 0 Å². The fourth-order valence-corrected chi connectivity index (χ4v) is 3.81. The molecular weight excluding hydrogens is 339 g/mol. The second-order valence-corrected chi connectivity index (χ2v) is 8.13. The lowest BCUT2D eigenvalue weighted by Gasteiger charge is -2.36. The van der Waals surface area contributed by atoms with Crippen LogP contribution >= 0.6 is 11.3 Å². The molecule has 0 N–H and O–H groups in total. The Labute approximate surface area is 151 Å². The van der Waals surface area contributed by atoms with Crippen LogP contribution in [0.1, 0.15) is 51.8 Å². The molecule has 2 aromatic rings. The minimum Gasteiger partial charge on any atom is -0.444 e. The zero-order chi connectivity index (χ0) is 18.0. The lowest BCUT2D eigenvalue weighted by atomic mass is 10.0. The Hall–Kier alpha value is -1.95. The summed E-state index contributed by atoms with van der Waals surface area (Å²) in [5.74, 6) is -0.260. The first-order valence-electron chi connectivity index (χ1n) is 8.54. The molecule has 0 spiro atoms. The van der Waals surface area contributed by atoms with Gasteiger partial charge in [-0.2, -0.15) is 0 Å². The number of piperidine rings is 1. The van der Waals surface area contributed by atoms with Gasteiger partial charge in [-0.1, -0.05) is 0 Å². The number of likely N-dealkylation sites (tertiary alicyclic amines) is 1. The van der Waals surface area contributed by atoms with E-state index in [0.717, 1.165) is 35.5 Å². The van der Waals surface area contributed by atoms with E-state index in [1.54, 1.807) is 17.0 Å². The van der Waals surface area contributed by atoms with Gasteiger partial charge >= 0.3 is 6.09 Å². The summed E-state index contributed by atoms with van der Waals surface area (Å²) in [6, 6.07) is 6.26. The summed E-state index contributed by atoms with van der Waals surface area (Å²) in [6.07, 6.45) is 2.64. The Kier molecular flexibility index (Phi) is 5.08. The van der Waals surface area contributed by atoms with Gasteiger partial charge in [0.2, 0.25) is 0 Å². The topological polar surface area (TPSA) is 42.4 Å². The van der Waals surface area contributed by atoms with E-state index in [1.165, 1.54) is 23.5 Å². The first kappa shape index (κ1) is 17.9. The molecule has 1 aromatic carbocycles. The Morgan fingerprint density at radius 1 is 1.28 bits per heavy atom. The summed E-state index contributed by atoms with van der Waals surface area (Å²) in [5.41, 5.74) is 1.26. The number of benzene rings is 1. The fraction of sp³-hybridized carbons (Fsp3) is 0.474. The third kappa shape index (κ3) is 4.37. The molecule has 1 unspecified atom stereocenters. The molecule has 134 valence electrons. The van der Waals surface area contributed by atoms with Crippen molar-refractivity contribution < 1.29 is 13.9 Å². The molecule has 4 nitrogen and oxygen atoms in total. The molecule has 0 aliphatic carbocycles. The number of carbonyl (C=O) groups is 1. The number of hydrogen-bond donors (Lipinski definition) is 0. The van der Waals surface area contributed by atoms with Crippen molar-refractivity contribution in [3.8, 4) is 10.6 Å². The van der Waals surface area contributed by atoms with Crippen molar-refractivity contribution in [1.82, 2.24) is 9.88 Å². The third-order valence-electron chi connectivity index (χ3n) is 4.09. The van der Waals surface area contributed by atoms with Crippen molar-refractivity contribution in [3.63, 3.8) is 0 Å². The standard InChI is InChI=1S/C19H23FN2O2S/c1-19(2,3)24-18(23)22-11-5-4-6-16(22)15-12-25-17(21-15)13-7-9-14(20)10-8-13/h7-10,12,16H,4-6,11H2,1-3H3. The van der Waals surface area contributed by atoms with Crippen molar-refractivity contribution in [2.45, 2.75) is 51.7 Å². The van der Waals surface area contributed by atoms with Gasteiger partial charge in [-0.25, -0.2) is 14.2 Å². The van der Waals surface area contributed by atoms with Crippen LogP contribution in [0.2, 0.25) is 0 Å². The monoisotopic (exact) mass is 362 g/mol. The van der Waals surface area contributed by atoms with Gasteiger partial charge in [-0.15, -0.1) is 11.3 Å². The van der Waals surface area contributed by atoms with E-state index < -0.39 is 5.60 Å². The van der Waals surface area contributed by atoms with Crippen LogP contribution in [0.5, 0.6) is 0 Å². The number of ether oxygens (including phenoxy) is 1. The normalized spacial score (nSPS) is 18.2. The van der Waals surface area contributed by atoms with Gasteiger partial charge < -0.3 is 4.74 Å². The largest absolute Gasteiger partial charge is 0.444 e. The number of amides is 1. The van der Waals surface area contributed by atoms with E-state index in [-0.39, 0.29) is 18.0 Å². The molecule has 1 saturated heterocycles. The SMILES string of the molecule is CC(C)(C)OC(=O)N1CCCCC1c1csc(-c2ccc(F)cc2)n1. The molecule has 1 aliphatic heterocycles. The average molecular weight is 362 g/mol. The molecular formula is C19H23FN2O2S. The molecule has 1 amide bonds. The molecule has 0 radical (unpaired) electrons. The van der Waals surface area contributed by atoms with Crippen LogP contribution in [0.15, 0.2) is 29.6 Å². The second kappa shape index (κ2) is 7.12. The van der Waals surface area contributed by atoms with Crippen LogP contribution in [0, 0.1) is 5.82 Å². The Balaban J connectivity index is 1.81. The number of nitrogens with zero attached hydrogens (tertiary/aromatic N) is 2. The van der Waals surface area contributed by atoms with Crippen molar-refractivity contribution in [3.05, 3.63) is 41.2 Å². The summed E-state index contributed by atoms with van der Waals surface area (Å²) >= 11 is 1.52. The number of carbonyl (C=O) groups excluding carboxylic acids is 1. The van der Waals surface area contributed by atoms with Crippen molar-refractivity contribution in [2.75, 3.05) is 6.54 Å². The first-order valence-corrected chi connectivity index (χ1v) is 9.42. The number of aromatic nitrogens is 1. The first-order chi connectivity index (χ1) is 11.8. The number of hydrogen-bond acceptors (Lipinski definition) is 4. The van der Waals surface area contributed by atoms with Crippen LogP contribution in [0.4, 0.5) is 9.18 Å². The van der Waals surface area contributed by atoms with Crippen LogP contribution in [0.25, 0.3) is 10.6 Å². The highest BCUT2D eigenvalue weighted by molar-refractivity contribution is 7.13. The van der Waals surface area contributed by atoms with Crippen molar-refractivity contribution >= 4 is 17.4 Å². The van der Waals surface area contributed by atoms with Crippen molar-refractivity contribution in [1.29, 1.82) is 0 Å². The van der Waals surface area contributed by atoms with E-state index in [1.807, 2.05) is 26.2 Å². The summed E-state index contributed by atoms with van der Waals surface area (Å²) in [5, 5.41) is 2.83. The maximum atomic E-state index is 13.1. The number of thiazole rings is 1. The van der Waals surface area contributed by atoms with E-state index in [0.29, 0.717) is 6.54 Å². The minimum atomic E-state index is -0.513. The summed E-state index contributed by atoms with van der Waals surface area (Å²) in [4.78, 5) is 19.0. The molecule has 6 heteroatoms. The van der Waals surface area contributed by atoms with Crippen LogP contribution in [0.3, 0.4) is 0 Å². The smallest absolute Gasteiger partial charge is 0.410 e. The second-order valence-electron chi connectivity index (χ2n) is 7.27.